The number of nitrogens with one attached hydrogen (secondary N) is 3. The second-order valence-electron chi connectivity index (χ2n) is 4.36. The maximum Gasteiger partial charge on any atom is 0.234 e. The molecule has 1 aromatic heterocycles. The Labute approximate surface area is 123 Å². The lowest BCUT2D eigenvalue weighted by Crippen LogP contribution is -2.32. The first-order valence-electron chi connectivity index (χ1n) is 6.23. The van der Waals surface area contributed by atoms with Gasteiger partial charge >= 0.3 is 0 Å². The van der Waals surface area contributed by atoms with Gasteiger partial charge in [0.15, 0.2) is 0 Å². The molecule has 0 saturated carbocycles. The van der Waals surface area contributed by atoms with Crippen LogP contribution in [0.1, 0.15) is 6.92 Å². The van der Waals surface area contributed by atoms with Gasteiger partial charge in [-0.1, -0.05) is 12.1 Å². The van der Waals surface area contributed by atoms with Crippen molar-refractivity contribution in [2.75, 3.05) is 22.8 Å². The SMILES string of the molecule is CCS(=O)(=O)NCCS(=O)(=O)Nc1cccc2cn[nH]c12. The second kappa shape index (κ2) is 6.00. The van der Waals surface area contributed by atoms with Crippen molar-refractivity contribution in [3.8, 4) is 0 Å². The van der Waals surface area contributed by atoms with E-state index in [1.54, 1.807) is 24.4 Å². The van der Waals surface area contributed by atoms with E-state index in [0.29, 0.717) is 11.2 Å². The number of rotatable bonds is 7. The normalized spacial score (nSPS) is 12.6. The van der Waals surface area contributed by atoms with E-state index in [9.17, 15) is 16.8 Å². The van der Waals surface area contributed by atoms with Crippen LogP contribution in [0.3, 0.4) is 0 Å². The summed E-state index contributed by atoms with van der Waals surface area (Å²) in [5.74, 6) is -0.440. The van der Waals surface area contributed by atoms with E-state index in [2.05, 4.69) is 19.6 Å². The third-order valence-corrected chi connectivity index (χ3v) is 5.49. The lowest BCUT2D eigenvalue weighted by Gasteiger charge is -2.09. The molecule has 1 aromatic carbocycles. The molecule has 0 aliphatic heterocycles. The average molecular weight is 332 g/mol. The summed E-state index contributed by atoms with van der Waals surface area (Å²) in [6, 6.07) is 5.11. The van der Waals surface area contributed by atoms with Gasteiger partial charge in [-0.05, 0) is 13.0 Å². The van der Waals surface area contributed by atoms with E-state index in [0.717, 1.165) is 5.39 Å². The molecule has 2 aromatic rings. The summed E-state index contributed by atoms with van der Waals surface area (Å²) in [4.78, 5) is 0. The molecule has 1 heterocycles. The van der Waals surface area contributed by atoms with Crippen molar-refractivity contribution in [3.63, 3.8) is 0 Å². The van der Waals surface area contributed by atoms with E-state index < -0.39 is 20.0 Å². The summed E-state index contributed by atoms with van der Waals surface area (Å²) < 4.78 is 51.0. The van der Waals surface area contributed by atoms with E-state index in [1.165, 1.54) is 6.92 Å². The fourth-order valence-electron chi connectivity index (χ4n) is 1.71. The molecule has 0 unspecified atom stereocenters. The van der Waals surface area contributed by atoms with Crippen LogP contribution in [0, 0.1) is 0 Å². The predicted octanol–water partition coefficient (Wildman–Crippen LogP) is 0.244. The summed E-state index contributed by atoms with van der Waals surface area (Å²) in [6.07, 6.45) is 1.59. The van der Waals surface area contributed by atoms with Gasteiger partial charge in [0.05, 0.1) is 28.9 Å². The Bertz CT molecular complexity index is 827. The third kappa shape index (κ3) is 4.16. The molecule has 0 bridgehead atoms. The predicted molar refractivity (Wildman–Crippen MR) is 81.0 cm³/mol. The number of nitrogens with zero attached hydrogens (tertiary/aromatic N) is 1. The zero-order chi connectivity index (χ0) is 15.5. The molecule has 0 aliphatic carbocycles. The molecular formula is C11H16N4O4S2. The fraction of sp³-hybridized carbons (Fsp3) is 0.364. The number of hydrogen-bond donors (Lipinski definition) is 3. The molecule has 3 N–H and O–H groups in total. The van der Waals surface area contributed by atoms with Crippen LogP contribution in [0.5, 0.6) is 0 Å². The number of aromatic amines is 1. The monoisotopic (exact) mass is 332 g/mol. The Balaban J connectivity index is 2.06. The lowest BCUT2D eigenvalue weighted by atomic mass is 10.2. The number of benzene rings is 1. The Morgan fingerprint density at radius 3 is 2.67 bits per heavy atom. The van der Waals surface area contributed by atoms with Crippen LogP contribution >= 0.6 is 0 Å². The minimum Gasteiger partial charge on any atom is -0.281 e. The number of aromatic nitrogens is 2. The van der Waals surface area contributed by atoms with Gasteiger partial charge in [-0.3, -0.25) is 9.82 Å². The van der Waals surface area contributed by atoms with Crippen LogP contribution in [0.2, 0.25) is 0 Å². The van der Waals surface area contributed by atoms with Gasteiger partial charge in [0.25, 0.3) is 0 Å². The molecule has 2 rings (SSSR count). The smallest absolute Gasteiger partial charge is 0.234 e. The van der Waals surface area contributed by atoms with Gasteiger partial charge in [-0.2, -0.15) is 5.10 Å². The van der Waals surface area contributed by atoms with Gasteiger partial charge in [-0.15, -0.1) is 0 Å². The molecule has 0 aliphatic rings. The van der Waals surface area contributed by atoms with Crippen LogP contribution in [-0.2, 0) is 20.0 Å². The average Bonchev–Trinajstić information content (AvgIpc) is 2.87. The third-order valence-electron chi connectivity index (χ3n) is 2.81. The molecule has 0 spiro atoms. The topological polar surface area (TPSA) is 121 Å². The van der Waals surface area contributed by atoms with Crippen molar-refractivity contribution >= 4 is 36.6 Å². The number of H-pyrrole nitrogens is 1. The summed E-state index contributed by atoms with van der Waals surface area (Å²) >= 11 is 0. The Hall–Kier alpha value is -1.65. The first-order valence-corrected chi connectivity index (χ1v) is 9.53. The van der Waals surface area contributed by atoms with E-state index in [4.69, 9.17) is 0 Å². The molecule has 8 nitrogen and oxygen atoms in total. The Kier molecular flexibility index (Phi) is 4.49. The maximum atomic E-state index is 12.0. The van der Waals surface area contributed by atoms with Crippen molar-refractivity contribution in [1.82, 2.24) is 14.9 Å². The van der Waals surface area contributed by atoms with Gasteiger partial charge < -0.3 is 0 Å². The van der Waals surface area contributed by atoms with Crippen molar-refractivity contribution in [2.24, 2.45) is 0 Å². The molecule has 0 amide bonds. The number of fused-ring (bicyclic) bond motifs is 1. The highest BCUT2D eigenvalue weighted by molar-refractivity contribution is 7.92. The van der Waals surface area contributed by atoms with Crippen LogP contribution in [0.15, 0.2) is 24.4 Å². The number of hydrogen-bond acceptors (Lipinski definition) is 5. The van der Waals surface area contributed by atoms with E-state index in [-0.39, 0.29) is 18.1 Å². The standard InChI is InChI=1S/C11H16N4O4S2/c1-2-20(16,17)13-6-7-21(18,19)15-10-5-3-4-9-8-12-14-11(9)10/h3-5,8,13,15H,2,6-7H2,1H3,(H,12,14). The fourth-order valence-corrected chi connectivity index (χ4v) is 3.43. The van der Waals surface area contributed by atoms with Gasteiger partial charge in [0, 0.05) is 11.9 Å². The first-order chi connectivity index (χ1) is 9.83. The molecule has 116 valence electrons. The molecule has 21 heavy (non-hydrogen) atoms. The largest absolute Gasteiger partial charge is 0.281 e. The molecular weight excluding hydrogens is 316 g/mol. The summed E-state index contributed by atoms with van der Waals surface area (Å²) in [5.41, 5.74) is 0.957. The highest BCUT2D eigenvalue weighted by atomic mass is 32.2. The van der Waals surface area contributed by atoms with Gasteiger partial charge in [-0.25, -0.2) is 21.6 Å². The highest BCUT2D eigenvalue weighted by Gasteiger charge is 2.14. The van der Waals surface area contributed by atoms with E-state index in [1.807, 2.05) is 0 Å². The van der Waals surface area contributed by atoms with Crippen molar-refractivity contribution in [2.45, 2.75) is 6.92 Å². The molecule has 10 heteroatoms. The summed E-state index contributed by atoms with van der Waals surface area (Å²) in [6.45, 7) is 1.30. The van der Waals surface area contributed by atoms with Crippen LogP contribution < -0.4 is 9.44 Å². The summed E-state index contributed by atoms with van der Waals surface area (Å²) in [5, 5.41) is 7.34. The number of para-hydroxylation sites is 1. The van der Waals surface area contributed by atoms with Crippen LogP contribution in [-0.4, -0.2) is 45.1 Å². The zero-order valence-corrected chi connectivity index (χ0v) is 13.0. The molecule has 0 fully saturated rings. The van der Waals surface area contributed by atoms with Gasteiger partial charge in [0.1, 0.15) is 0 Å². The van der Waals surface area contributed by atoms with Gasteiger partial charge in [0.2, 0.25) is 20.0 Å². The minimum absolute atomic E-state index is 0.0894. The lowest BCUT2D eigenvalue weighted by molar-refractivity contribution is 0.583. The van der Waals surface area contributed by atoms with Crippen molar-refractivity contribution in [3.05, 3.63) is 24.4 Å². The second-order valence-corrected chi connectivity index (χ2v) is 8.30. The summed E-state index contributed by atoms with van der Waals surface area (Å²) in [7, 11) is -7.06. The Morgan fingerprint density at radius 1 is 1.19 bits per heavy atom. The number of sulfonamides is 2. The van der Waals surface area contributed by atoms with Crippen LogP contribution in [0.4, 0.5) is 5.69 Å². The molecule has 0 saturated heterocycles. The first kappa shape index (κ1) is 15.7. The minimum atomic E-state index is -3.66. The van der Waals surface area contributed by atoms with E-state index >= 15 is 0 Å². The van der Waals surface area contributed by atoms with Crippen molar-refractivity contribution < 1.29 is 16.8 Å². The highest BCUT2D eigenvalue weighted by Crippen LogP contribution is 2.21. The molecule has 0 atom stereocenters. The Morgan fingerprint density at radius 2 is 1.95 bits per heavy atom. The maximum absolute atomic E-state index is 12.0. The number of anilines is 1. The zero-order valence-electron chi connectivity index (χ0n) is 11.3. The van der Waals surface area contributed by atoms with Crippen LogP contribution in [0.25, 0.3) is 10.9 Å². The molecule has 0 radical (unpaired) electrons. The quantitative estimate of drug-likeness (QED) is 0.671. The van der Waals surface area contributed by atoms with Crippen molar-refractivity contribution in [1.29, 1.82) is 0 Å².